The molecule has 4 heteroatoms. The lowest BCUT2D eigenvalue weighted by molar-refractivity contribution is 0.557. The molecule has 2 aromatic rings. The fourth-order valence-electron chi connectivity index (χ4n) is 2.20. The Balaban J connectivity index is 2.37. The summed E-state index contributed by atoms with van der Waals surface area (Å²) in [7, 11) is 0. The number of nitrogens with zero attached hydrogens (tertiary/aromatic N) is 2. The van der Waals surface area contributed by atoms with Gasteiger partial charge in [-0.2, -0.15) is 5.26 Å². The van der Waals surface area contributed by atoms with Crippen LogP contribution >= 0.6 is 11.6 Å². The monoisotopic (exact) mass is 285 g/mol. The molecule has 0 amide bonds. The lowest BCUT2D eigenvalue weighted by atomic mass is 9.87. The average Bonchev–Trinajstić information content (AvgIpc) is 2.50. The van der Waals surface area contributed by atoms with Crippen LogP contribution in [0.3, 0.4) is 0 Å². The van der Waals surface area contributed by atoms with E-state index in [0.29, 0.717) is 11.4 Å². The summed E-state index contributed by atoms with van der Waals surface area (Å²) in [5, 5.41) is 13.7. The van der Waals surface area contributed by atoms with E-state index < -0.39 is 5.54 Å². The van der Waals surface area contributed by atoms with Crippen LogP contribution in [-0.2, 0) is 5.54 Å². The van der Waals surface area contributed by atoms with E-state index >= 15 is 0 Å². The van der Waals surface area contributed by atoms with Crippen LogP contribution in [-0.4, -0.2) is 4.98 Å². The SMILES string of the molecule is CCCC(C#N)(Nc1ccc(Cl)cc1)c1cccnc1. The van der Waals surface area contributed by atoms with Crippen LogP contribution < -0.4 is 5.32 Å². The lowest BCUT2D eigenvalue weighted by Gasteiger charge is -2.29. The summed E-state index contributed by atoms with van der Waals surface area (Å²) in [4.78, 5) is 4.12. The molecule has 1 heterocycles. The van der Waals surface area contributed by atoms with Crippen molar-refractivity contribution in [2.75, 3.05) is 5.32 Å². The molecular weight excluding hydrogens is 270 g/mol. The summed E-state index contributed by atoms with van der Waals surface area (Å²) in [5.74, 6) is 0. The van der Waals surface area contributed by atoms with E-state index in [-0.39, 0.29) is 0 Å². The van der Waals surface area contributed by atoms with Crippen LogP contribution in [0.25, 0.3) is 0 Å². The first kappa shape index (κ1) is 14.4. The van der Waals surface area contributed by atoms with Crippen molar-refractivity contribution < 1.29 is 0 Å². The number of anilines is 1. The number of hydrogen-bond donors (Lipinski definition) is 1. The van der Waals surface area contributed by atoms with Crippen molar-refractivity contribution in [3.63, 3.8) is 0 Å². The Bertz CT molecular complexity index is 589. The quantitative estimate of drug-likeness (QED) is 0.887. The first-order valence-electron chi connectivity index (χ1n) is 6.56. The summed E-state index contributed by atoms with van der Waals surface area (Å²) in [5.41, 5.74) is 0.976. The molecule has 20 heavy (non-hydrogen) atoms. The van der Waals surface area contributed by atoms with Crippen molar-refractivity contribution in [2.24, 2.45) is 0 Å². The number of nitrogens with one attached hydrogen (secondary N) is 1. The van der Waals surface area contributed by atoms with Crippen LogP contribution in [0.2, 0.25) is 5.02 Å². The topological polar surface area (TPSA) is 48.7 Å². The molecule has 0 saturated carbocycles. The zero-order valence-corrected chi connectivity index (χ0v) is 12.1. The Morgan fingerprint density at radius 3 is 2.60 bits per heavy atom. The fourth-order valence-corrected chi connectivity index (χ4v) is 2.32. The molecule has 0 saturated heterocycles. The summed E-state index contributed by atoms with van der Waals surface area (Å²) in [6, 6.07) is 13.5. The third kappa shape index (κ3) is 3.09. The second kappa shape index (κ2) is 6.40. The highest BCUT2D eigenvalue weighted by Gasteiger charge is 2.31. The van der Waals surface area contributed by atoms with Gasteiger partial charge in [0.2, 0.25) is 0 Å². The van der Waals surface area contributed by atoms with Gasteiger partial charge in [-0.15, -0.1) is 0 Å². The number of nitriles is 1. The largest absolute Gasteiger partial charge is 0.364 e. The normalized spacial score (nSPS) is 13.2. The van der Waals surface area contributed by atoms with Gasteiger partial charge < -0.3 is 5.32 Å². The van der Waals surface area contributed by atoms with Gasteiger partial charge in [-0.05, 0) is 36.8 Å². The van der Waals surface area contributed by atoms with Gasteiger partial charge in [-0.3, -0.25) is 4.98 Å². The highest BCUT2D eigenvalue weighted by atomic mass is 35.5. The van der Waals surface area contributed by atoms with E-state index in [2.05, 4.69) is 23.3 Å². The van der Waals surface area contributed by atoms with Gasteiger partial charge in [-0.1, -0.05) is 31.0 Å². The molecule has 0 radical (unpaired) electrons. The molecule has 0 spiro atoms. The van der Waals surface area contributed by atoms with Crippen LogP contribution in [0.1, 0.15) is 25.3 Å². The van der Waals surface area contributed by atoms with Gasteiger partial charge in [0.25, 0.3) is 0 Å². The van der Waals surface area contributed by atoms with Crippen molar-refractivity contribution in [3.8, 4) is 6.07 Å². The Kier molecular flexibility index (Phi) is 4.60. The minimum atomic E-state index is -0.767. The van der Waals surface area contributed by atoms with E-state index in [1.165, 1.54) is 0 Å². The molecule has 0 aliphatic rings. The third-order valence-corrected chi connectivity index (χ3v) is 3.42. The van der Waals surface area contributed by atoms with Gasteiger partial charge in [0.15, 0.2) is 5.54 Å². The van der Waals surface area contributed by atoms with E-state index in [0.717, 1.165) is 17.7 Å². The van der Waals surface area contributed by atoms with E-state index in [1.54, 1.807) is 24.5 Å². The summed E-state index contributed by atoms with van der Waals surface area (Å²) in [6.45, 7) is 2.06. The number of benzene rings is 1. The van der Waals surface area contributed by atoms with Gasteiger partial charge in [-0.25, -0.2) is 0 Å². The second-order valence-corrected chi connectivity index (χ2v) is 5.08. The number of pyridine rings is 1. The minimum Gasteiger partial charge on any atom is -0.364 e. The number of hydrogen-bond acceptors (Lipinski definition) is 3. The Morgan fingerprint density at radius 1 is 1.30 bits per heavy atom. The summed E-state index contributed by atoms with van der Waals surface area (Å²) < 4.78 is 0. The van der Waals surface area contributed by atoms with Gasteiger partial charge >= 0.3 is 0 Å². The molecule has 0 aliphatic heterocycles. The first-order chi connectivity index (χ1) is 9.70. The zero-order valence-electron chi connectivity index (χ0n) is 11.3. The molecule has 3 nitrogen and oxygen atoms in total. The Labute approximate surface area is 124 Å². The molecule has 0 aliphatic carbocycles. The van der Waals surface area contributed by atoms with Crippen molar-refractivity contribution >= 4 is 17.3 Å². The van der Waals surface area contributed by atoms with E-state index in [1.807, 2.05) is 24.3 Å². The average molecular weight is 286 g/mol. The first-order valence-corrected chi connectivity index (χ1v) is 6.93. The molecule has 1 N–H and O–H groups in total. The lowest BCUT2D eigenvalue weighted by Crippen LogP contribution is -2.33. The summed E-state index contributed by atoms with van der Waals surface area (Å²) in [6.07, 6.45) is 5.04. The maximum absolute atomic E-state index is 9.71. The third-order valence-electron chi connectivity index (χ3n) is 3.17. The minimum absolute atomic E-state index is 0.676. The van der Waals surface area contributed by atoms with Gasteiger partial charge in [0.1, 0.15) is 0 Å². The van der Waals surface area contributed by atoms with E-state index in [9.17, 15) is 5.26 Å². The molecule has 2 rings (SSSR count). The zero-order chi connectivity index (χ0) is 14.4. The van der Waals surface area contributed by atoms with Crippen molar-refractivity contribution in [2.45, 2.75) is 25.3 Å². The van der Waals surface area contributed by atoms with Gasteiger partial charge in [0.05, 0.1) is 6.07 Å². The van der Waals surface area contributed by atoms with Crippen LogP contribution in [0.5, 0.6) is 0 Å². The maximum atomic E-state index is 9.71. The van der Waals surface area contributed by atoms with Gasteiger partial charge in [0, 0.05) is 28.7 Å². The molecule has 1 aromatic heterocycles. The number of aromatic nitrogens is 1. The molecular formula is C16H16ClN3. The summed E-state index contributed by atoms with van der Waals surface area (Å²) >= 11 is 5.89. The van der Waals surface area contributed by atoms with Crippen LogP contribution in [0.4, 0.5) is 5.69 Å². The van der Waals surface area contributed by atoms with Crippen LogP contribution in [0.15, 0.2) is 48.8 Å². The Morgan fingerprint density at radius 2 is 2.05 bits per heavy atom. The van der Waals surface area contributed by atoms with Crippen molar-refractivity contribution in [1.82, 2.24) is 4.98 Å². The highest BCUT2D eigenvalue weighted by Crippen LogP contribution is 2.30. The number of rotatable bonds is 5. The molecule has 1 unspecified atom stereocenters. The predicted molar refractivity (Wildman–Crippen MR) is 81.5 cm³/mol. The Hall–Kier alpha value is -2.05. The second-order valence-electron chi connectivity index (χ2n) is 4.64. The molecule has 1 aromatic carbocycles. The molecule has 0 fully saturated rings. The predicted octanol–water partition coefficient (Wildman–Crippen LogP) is 4.37. The highest BCUT2D eigenvalue weighted by molar-refractivity contribution is 6.30. The fraction of sp³-hybridized carbons (Fsp3) is 0.250. The van der Waals surface area contributed by atoms with Crippen LogP contribution in [0, 0.1) is 11.3 Å². The molecule has 0 bridgehead atoms. The molecule has 1 atom stereocenters. The van der Waals surface area contributed by atoms with E-state index in [4.69, 9.17) is 11.6 Å². The van der Waals surface area contributed by atoms with Crippen molar-refractivity contribution in [1.29, 1.82) is 5.26 Å². The van der Waals surface area contributed by atoms with Crippen molar-refractivity contribution in [3.05, 3.63) is 59.4 Å². The molecule has 102 valence electrons. The number of halogens is 1. The smallest absolute Gasteiger partial charge is 0.152 e. The maximum Gasteiger partial charge on any atom is 0.152 e. The standard InChI is InChI=1S/C16H16ClN3/c1-2-9-16(12-18,13-4-3-10-19-11-13)20-15-7-5-14(17)6-8-15/h3-8,10-11,20H,2,9H2,1H3.